The molecule has 88 valence electrons. The zero-order valence-corrected chi connectivity index (χ0v) is 9.70. The van der Waals surface area contributed by atoms with Crippen molar-refractivity contribution in [3.8, 4) is 0 Å². The largest absolute Gasteiger partial charge is 0.465 e. The Morgan fingerprint density at radius 2 is 2.44 bits per heavy atom. The summed E-state index contributed by atoms with van der Waals surface area (Å²) in [6.07, 6.45) is 4.94. The summed E-state index contributed by atoms with van der Waals surface area (Å²) < 4.78 is 5.07. The first-order valence-electron chi connectivity index (χ1n) is 6.00. The van der Waals surface area contributed by atoms with Gasteiger partial charge in [-0.3, -0.25) is 9.59 Å². The molecule has 0 aromatic rings. The van der Waals surface area contributed by atoms with Crippen molar-refractivity contribution < 1.29 is 14.3 Å². The van der Waals surface area contributed by atoms with Crippen molar-refractivity contribution in [2.75, 3.05) is 6.61 Å². The molecule has 2 aliphatic rings. The van der Waals surface area contributed by atoms with Crippen LogP contribution in [0.2, 0.25) is 0 Å². The van der Waals surface area contributed by atoms with Crippen LogP contribution in [-0.4, -0.2) is 18.4 Å². The predicted molar refractivity (Wildman–Crippen MR) is 59.7 cm³/mol. The summed E-state index contributed by atoms with van der Waals surface area (Å²) in [6, 6.07) is 0. The number of fused-ring (bicyclic) bond motifs is 2. The fourth-order valence-electron chi connectivity index (χ4n) is 3.19. The molecule has 0 aliphatic heterocycles. The minimum Gasteiger partial charge on any atom is -0.465 e. The molecule has 2 bridgehead atoms. The predicted octanol–water partition coefficient (Wildman–Crippen LogP) is 2.11. The van der Waals surface area contributed by atoms with E-state index in [0.29, 0.717) is 19.4 Å². The Morgan fingerprint density at radius 1 is 1.69 bits per heavy atom. The molecule has 2 rings (SSSR count). The monoisotopic (exact) mass is 222 g/mol. The molecule has 2 aliphatic carbocycles. The Morgan fingerprint density at radius 3 is 3.06 bits per heavy atom. The average Bonchev–Trinajstić information content (AvgIpc) is 2.47. The molecular weight excluding hydrogens is 204 g/mol. The summed E-state index contributed by atoms with van der Waals surface area (Å²) in [7, 11) is 0. The SMILES string of the molecule is C=C[C@H]1C[C@@]2(C(=O)OCC)CCC[C@@H]1C2=O. The summed E-state index contributed by atoms with van der Waals surface area (Å²) >= 11 is 0. The number of Topliss-reactive ketones (excluding diaryl/α,β-unsaturated/α-hetero) is 1. The van der Waals surface area contributed by atoms with Crippen LogP contribution in [-0.2, 0) is 14.3 Å². The van der Waals surface area contributed by atoms with Gasteiger partial charge in [0, 0.05) is 5.92 Å². The van der Waals surface area contributed by atoms with Gasteiger partial charge in [-0.15, -0.1) is 6.58 Å². The van der Waals surface area contributed by atoms with Crippen LogP contribution in [0.1, 0.15) is 32.6 Å². The van der Waals surface area contributed by atoms with Gasteiger partial charge in [0.25, 0.3) is 0 Å². The number of hydrogen-bond acceptors (Lipinski definition) is 3. The van der Waals surface area contributed by atoms with Crippen LogP contribution in [0.25, 0.3) is 0 Å². The smallest absolute Gasteiger partial charge is 0.319 e. The van der Waals surface area contributed by atoms with Gasteiger partial charge < -0.3 is 4.74 Å². The number of rotatable bonds is 3. The van der Waals surface area contributed by atoms with E-state index in [2.05, 4.69) is 6.58 Å². The lowest BCUT2D eigenvalue weighted by Crippen LogP contribution is -2.41. The third-order valence-corrected chi connectivity index (χ3v) is 4.00. The van der Waals surface area contributed by atoms with Crippen LogP contribution in [0.15, 0.2) is 12.7 Å². The second-order valence-corrected chi connectivity index (χ2v) is 4.77. The van der Waals surface area contributed by atoms with Crippen LogP contribution >= 0.6 is 0 Å². The second kappa shape index (κ2) is 4.04. The second-order valence-electron chi connectivity index (χ2n) is 4.77. The van der Waals surface area contributed by atoms with Gasteiger partial charge in [-0.25, -0.2) is 0 Å². The highest BCUT2D eigenvalue weighted by Gasteiger charge is 2.59. The Bertz CT molecular complexity index is 334. The van der Waals surface area contributed by atoms with Gasteiger partial charge in [-0.1, -0.05) is 12.5 Å². The molecule has 0 aromatic heterocycles. The number of ketones is 1. The van der Waals surface area contributed by atoms with Crippen LogP contribution < -0.4 is 0 Å². The molecule has 3 atom stereocenters. The van der Waals surface area contributed by atoms with E-state index in [-0.39, 0.29) is 23.6 Å². The van der Waals surface area contributed by atoms with Crippen molar-refractivity contribution >= 4 is 11.8 Å². The summed E-state index contributed by atoms with van der Waals surface area (Å²) in [4.78, 5) is 24.2. The molecule has 0 N–H and O–H groups in total. The van der Waals surface area contributed by atoms with Gasteiger partial charge in [0.05, 0.1) is 6.61 Å². The van der Waals surface area contributed by atoms with Crippen LogP contribution in [0.3, 0.4) is 0 Å². The molecule has 0 amide bonds. The summed E-state index contributed by atoms with van der Waals surface area (Å²) in [5.41, 5.74) is -0.836. The molecule has 16 heavy (non-hydrogen) atoms. The maximum Gasteiger partial charge on any atom is 0.319 e. The van der Waals surface area contributed by atoms with E-state index in [1.807, 2.05) is 6.08 Å². The van der Waals surface area contributed by atoms with E-state index < -0.39 is 5.41 Å². The van der Waals surface area contributed by atoms with E-state index in [0.717, 1.165) is 12.8 Å². The molecule has 0 heterocycles. The highest BCUT2D eigenvalue weighted by atomic mass is 16.5. The van der Waals surface area contributed by atoms with Crippen molar-refractivity contribution in [2.24, 2.45) is 17.3 Å². The fraction of sp³-hybridized carbons (Fsp3) is 0.692. The number of carbonyl (C=O) groups excluding carboxylic acids is 2. The van der Waals surface area contributed by atoms with Crippen LogP contribution in [0, 0.1) is 17.3 Å². The average molecular weight is 222 g/mol. The molecule has 0 unspecified atom stereocenters. The highest BCUT2D eigenvalue weighted by molar-refractivity contribution is 6.07. The topological polar surface area (TPSA) is 43.4 Å². The normalized spacial score (nSPS) is 37.2. The Kier molecular flexibility index (Phi) is 2.87. The first-order chi connectivity index (χ1) is 7.65. The third-order valence-electron chi connectivity index (χ3n) is 4.00. The Labute approximate surface area is 95.9 Å². The van der Waals surface area contributed by atoms with E-state index in [1.54, 1.807) is 6.92 Å². The fourth-order valence-corrected chi connectivity index (χ4v) is 3.19. The maximum atomic E-state index is 12.2. The summed E-state index contributed by atoms with van der Waals surface area (Å²) in [5.74, 6) is -0.0359. The lowest BCUT2D eigenvalue weighted by molar-refractivity contribution is -0.161. The minimum absolute atomic E-state index is 0.00987. The van der Waals surface area contributed by atoms with Gasteiger partial charge in [-0.05, 0) is 32.1 Å². The zero-order valence-electron chi connectivity index (χ0n) is 9.70. The maximum absolute atomic E-state index is 12.2. The van der Waals surface area contributed by atoms with Crippen molar-refractivity contribution in [3.05, 3.63) is 12.7 Å². The number of ether oxygens (including phenoxy) is 1. The zero-order chi connectivity index (χ0) is 11.8. The van der Waals surface area contributed by atoms with Gasteiger partial charge in [0.15, 0.2) is 5.78 Å². The van der Waals surface area contributed by atoms with Gasteiger partial charge >= 0.3 is 5.97 Å². The molecule has 0 aromatic carbocycles. The van der Waals surface area contributed by atoms with E-state index in [9.17, 15) is 9.59 Å². The lowest BCUT2D eigenvalue weighted by Gasteiger charge is -2.28. The number of allylic oxidation sites excluding steroid dienone is 1. The van der Waals surface area contributed by atoms with Gasteiger partial charge in [-0.2, -0.15) is 0 Å². The van der Waals surface area contributed by atoms with E-state index in [4.69, 9.17) is 4.74 Å². The van der Waals surface area contributed by atoms with Gasteiger partial charge in [0.1, 0.15) is 5.41 Å². The van der Waals surface area contributed by atoms with Crippen molar-refractivity contribution in [3.63, 3.8) is 0 Å². The first kappa shape index (κ1) is 11.4. The number of hydrogen-bond donors (Lipinski definition) is 0. The summed E-state index contributed by atoms with van der Waals surface area (Å²) in [5, 5.41) is 0. The molecule has 0 spiro atoms. The summed E-state index contributed by atoms with van der Waals surface area (Å²) in [6.45, 7) is 5.89. The van der Waals surface area contributed by atoms with Crippen molar-refractivity contribution in [1.82, 2.24) is 0 Å². The third kappa shape index (κ3) is 1.41. The molecule has 3 nitrogen and oxygen atoms in total. The van der Waals surface area contributed by atoms with E-state index in [1.165, 1.54) is 0 Å². The number of carbonyl (C=O) groups is 2. The first-order valence-corrected chi connectivity index (χ1v) is 6.00. The highest BCUT2D eigenvalue weighted by Crippen LogP contribution is 2.52. The minimum atomic E-state index is -0.836. The van der Waals surface area contributed by atoms with Crippen molar-refractivity contribution in [2.45, 2.75) is 32.6 Å². The van der Waals surface area contributed by atoms with Gasteiger partial charge in [0.2, 0.25) is 0 Å². The Hall–Kier alpha value is -1.12. The molecule has 3 heteroatoms. The van der Waals surface area contributed by atoms with E-state index >= 15 is 0 Å². The van der Waals surface area contributed by atoms with Crippen LogP contribution in [0.5, 0.6) is 0 Å². The molecule has 0 saturated heterocycles. The molecule has 0 radical (unpaired) electrons. The lowest BCUT2D eigenvalue weighted by atomic mass is 9.74. The number of esters is 1. The molecule has 2 saturated carbocycles. The quantitative estimate of drug-likeness (QED) is 0.417. The van der Waals surface area contributed by atoms with Crippen LogP contribution in [0.4, 0.5) is 0 Å². The van der Waals surface area contributed by atoms with Crippen molar-refractivity contribution in [1.29, 1.82) is 0 Å². The standard InChI is InChI=1S/C13H18O3/c1-3-9-8-13(12(15)16-4-2)7-5-6-10(9)11(13)14/h3,9-10H,1,4-8H2,2H3/t9-,10-,13-/m0/s1. The molecular formula is C13H18O3. The Balaban J connectivity index is 2.29. The molecule has 2 fully saturated rings.